The lowest BCUT2D eigenvalue weighted by Crippen LogP contribution is -2.45. The second-order valence-electron chi connectivity index (χ2n) is 6.18. The Labute approximate surface area is 169 Å². The van der Waals surface area contributed by atoms with Crippen molar-refractivity contribution in [2.24, 2.45) is 0 Å². The number of piperidine rings is 1. The molecule has 7 nitrogen and oxygen atoms in total. The minimum atomic E-state index is -0.204. The molecule has 0 unspecified atom stereocenters. The average Bonchev–Trinajstić information content (AvgIpc) is 3.07. The lowest BCUT2D eigenvalue weighted by atomic mass is 10.0. The number of ether oxygens (including phenoxy) is 1. The molecule has 0 radical (unpaired) electrons. The third kappa shape index (κ3) is 5.59. The maximum Gasteiger partial charge on any atom is 0.259 e. The number of carbonyl (C=O) groups is 1. The molecule has 1 aromatic heterocycles. The summed E-state index contributed by atoms with van der Waals surface area (Å²) in [4.78, 5) is 13.0. The molecule has 0 bridgehead atoms. The summed E-state index contributed by atoms with van der Waals surface area (Å²) in [6.07, 6.45) is 1.99. The number of hydrogen-bond acceptors (Lipinski definition) is 6. The van der Waals surface area contributed by atoms with Crippen molar-refractivity contribution >= 4 is 35.7 Å². The molecule has 1 aliphatic heterocycles. The van der Waals surface area contributed by atoms with E-state index in [0.717, 1.165) is 31.5 Å². The van der Waals surface area contributed by atoms with Crippen LogP contribution in [0.25, 0.3) is 11.3 Å². The van der Waals surface area contributed by atoms with E-state index in [-0.39, 0.29) is 24.4 Å². The molecular weight excluding hydrogens is 391 g/mol. The average molecular weight is 415 g/mol. The van der Waals surface area contributed by atoms with Gasteiger partial charge in [0.2, 0.25) is 0 Å². The Morgan fingerprint density at radius 2 is 2.19 bits per heavy atom. The summed E-state index contributed by atoms with van der Waals surface area (Å²) < 4.78 is 10.5. The van der Waals surface area contributed by atoms with Gasteiger partial charge in [0.05, 0.1) is 6.61 Å². The molecule has 148 valence electrons. The first-order valence-corrected chi connectivity index (χ1v) is 9.07. The quantitative estimate of drug-likeness (QED) is 0.603. The highest BCUT2D eigenvalue weighted by molar-refractivity contribution is 6.30. The van der Waals surface area contributed by atoms with Crippen LogP contribution in [0.1, 0.15) is 23.2 Å². The molecule has 1 saturated heterocycles. The van der Waals surface area contributed by atoms with Gasteiger partial charge in [-0.1, -0.05) is 16.8 Å². The summed E-state index contributed by atoms with van der Waals surface area (Å²) in [5, 5.41) is 14.1. The number of aromatic nitrogens is 1. The first-order valence-electron chi connectivity index (χ1n) is 8.69. The van der Waals surface area contributed by atoms with Crippen molar-refractivity contribution in [1.82, 2.24) is 15.8 Å². The highest BCUT2D eigenvalue weighted by Crippen LogP contribution is 2.30. The standard InChI is InChI=1S/C18H23ClN4O3.ClH/c1-25-10-9-21-17-15(18(24)22-14-3-2-8-20-11-14)16(26-23-17)12-4-6-13(19)7-5-12;/h4-7,14,20H,2-3,8-11H2,1H3,(H,21,23)(H,22,24);1H/t14-;/m0./s1. The van der Waals surface area contributed by atoms with Gasteiger partial charge in [0.25, 0.3) is 5.91 Å². The number of hydrogen-bond donors (Lipinski definition) is 3. The first kappa shape index (κ1) is 21.5. The summed E-state index contributed by atoms with van der Waals surface area (Å²) in [6, 6.07) is 7.21. The minimum Gasteiger partial charge on any atom is -0.383 e. The van der Waals surface area contributed by atoms with E-state index in [4.69, 9.17) is 20.9 Å². The molecule has 27 heavy (non-hydrogen) atoms. The van der Waals surface area contributed by atoms with Gasteiger partial charge in [-0.3, -0.25) is 4.79 Å². The van der Waals surface area contributed by atoms with E-state index < -0.39 is 0 Å². The van der Waals surface area contributed by atoms with Gasteiger partial charge < -0.3 is 25.2 Å². The predicted octanol–water partition coefficient (Wildman–Crippen LogP) is 2.96. The van der Waals surface area contributed by atoms with E-state index in [2.05, 4.69) is 21.1 Å². The summed E-state index contributed by atoms with van der Waals surface area (Å²) in [5.74, 6) is 0.626. The number of methoxy groups -OCH3 is 1. The SMILES string of the molecule is COCCNc1noc(-c2ccc(Cl)cc2)c1C(=O)N[C@H]1CCCNC1.Cl. The summed E-state index contributed by atoms with van der Waals surface area (Å²) in [6.45, 7) is 2.77. The molecule has 3 N–H and O–H groups in total. The molecule has 1 atom stereocenters. The Kier molecular flexibility index (Phi) is 8.37. The molecule has 2 heterocycles. The maximum absolute atomic E-state index is 13.0. The van der Waals surface area contributed by atoms with Crippen molar-refractivity contribution < 1.29 is 14.1 Å². The van der Waals surface area contributed by atoms with Gasteiger partial charge in [-0.2, -0.15) is 0 Å². The van der Waals surface area contributed by atoms with Crippen molar-refractivity contribution in [2.75, 3.05) is 38.7 Å². The number of amides is 1. The molecule has 1 aliphatic rings. The minimum absolute atomic E-state index is 0. The van der Waals surface area contributed by atoms with E-state index in [9.17, 15) is 4.79 Å². The van der Waals surface area contributed by atoms with Gasteiger partial charge in [-0.05, 0) is 43.7 Å². The van der Waals surface area contributed by atoms with Crippen LogP contribution in [0.4, 0.5) is 5.82 Å². The first-order chi connectivity index (χ1) is 12.7. The highest BCUT2D eigenvalue weighted by Gasteiger charge is 2.26. The number of halogens is 2. The Morgan fingerprint density at radius 1 is 1.41 bits per heavy atom. The van der Waals surface area contributed by atoms with Crippen LogP contribution in [0.5, 0.6) is 0 Å². The smallest absolute Gasteiger partial charge is 0.259 e. The molecule has 3 rings (SSSR count). The lowest BCUT2D eigenvalue weighted by Gasteiger charge is -2.23. The van der Waals surface area contributed by atoms with Gasteiger partial charge in [0, 0.05) is 36.8 Å². The molecule has 1 aromatic carbocycles. The highest BCUT2D eigenvalue weighted by atomic mass is 35.5. The van der Waals surface area contributed by atoms with E-state index >= 15 is 0 Å². The van der Waals surface area contributed by atoms with Crippen LogP contribution in [-0.2, 0) is 4.74 Å². The topological polar surface area (TPSA) is 88.4 Å². The molecule has 0 spiro atoms. The number of anilines is 1. The van der Waals surface area contributed by atoms with Crippen molar-refractivity contribution in [3.63, 3.8) is 0 Å². The molecular formula is C18H24Cl2N4O3. The second kappa shape index (κ2) is 10.5. The third-order valence-electron chi connectivity index (χ3n) is 4.26. The molecule has 1 fully saturated rings. The third-order valence-corrected chi connectivity index (χ3v) is 4.51. The van der Waals surface area contributed by atoms with Crippen LogP contribution in [0.3, 0.4) is 0 Å². The number of nitrogens with one attached hydrogen (secondary N) is 3. The van der Waals surface area contributed by atoms with Crippen LogP contribution in [0, 0.1) is 0 Å². The molecule has 2 aromatic rings. The van der Waals surface area contributed by atoms with Gasteiger partial charge in [-0.25, -0.2) is 0 Å². The molecule has 0 aliphatic carbocycles. The van der Waals surface area contributed by atoms with Gasteiger partial charge in [0.1, 0.15) is 5.56 Å². The van der Waals surface area contributed by atoms with E-state index in [1.165, 1.54) is 0 Å². The van der Waals surface area contributed by atoms with Gasteiger partial charge >= 0.3 is 0 Å². The van der Waals surface area contributed by atoms with Crippen LogP contribution in [-0.4, -0.2) is 50.5 Å². The van der Waals surface area contributed by atoms with Crippen molar-refractivity contribution in [1.29, 1.82) is 0 Å². The number of benzene rings is 1. The monoisotopic (exact) mass is 414 g/mol. The number of carbonyl (C=O) groups excluding carboxylic acids is 1. The van der Waals surface area contributed by atoms with Crippen LogP contribution >= 0.6 is 24.0 Å². The fourth-order valence-electron chi connectivity index (χ4n) is 2.92. The fourth-order valence-corrected chi connectivity index (χ4v) is 3.05. The Bertz CT molecular complexity index is 731. The Balaban J connectivity index is 0.00000261. The maximum atomic E-state index is 13.0. The van der Waals surface area contributed by atoms with Gasteiger partial charge in [0.15, 0.2) is 11.6 Å². The molecule has 9 heteroatoms. The summed E-state index contributed by atoms with van der Waals surface area (Å²) in [5.41, 5.74) is 1.14. The van der Waals surface area contributed by atoms with Crippen molar-refractivity contribution in [3.05, 3.63) is 34.9 Å². The zero-order valence-corrected chi connectivity index (χ0v) is 16.7. The zero-order valence-electron chi connectivity index (χ0n) is 15.1. The molecule has 1 amide bonds. The van der Waals surface area contributed by atoms with Crippen molar-refractivity contribution in [3.8, 4) is 11.3 Å². The Hall–Kier alpha value is -1.80. The normalized spacial score (nSPS) is 16.4. The van der Waals surface area contributed by atoms with E-state index in [1.807, 2.05) is 0 Å². The fraction of sp³-hybridized carbons (Fsp3) is 0.444. The molecule has 0 saturated carbocycles. The predicted molar refractivity (Wildman–Crippen MR) is 108 cm³/mol. The van der Waals surface area contributed by atoms with Crippen LogP contribution in [0.15, 0.2) is 28.8 Å². The second-order valence-corrected chi connectivity index (χ2v) is 6.61. The summed E-state index contributed by atoms with van der Waals surface area (Å²) in [7, 11) is 1.62. The van der Waals surface area contributed by atoms with Crippen LogP contribution in [0.2, 0.25) is 5.02 Å². The summed E-state index contributed by atoms with van der Waals surface area (Å²) >= 11 is 5.96. The lowest BCUT2D eigenvalue weighted by molar-refractivity contribution is 0.0931. The largest absolute Gasteiger partial charge is 0.383 e. The zero-order chi connectivity index (χ0) is 18.4. The Morgan fingerprint density at radius 3 is 2.85 bits per heavy atom. The van der Waals surface area contributed by atoms with Crippen molar-refractivity contribution in [2.45, 2.75) is 18.9 Å². The van der Waals surface area contributed by atoms with E-state index in [1.54, 1.807) is 31.4 Å². The number of rotatable bonds is 7. The van der Waals surface area contributed by atoms with E-state index in [0.29, 0.717) is 35.3 Å². The van der Waals surface area contributed by atoms with Gasteiger partial charge in [-0.15, -0.1) is 12.4 Å². The number of nitrogens with zero attached hydrogens (tertiary/aromatic N) is 1. The van der Waals surface area contributed by atoms with Crippen LogP contribution < -0.4 is 16.0 Å².